The van der Waals surface area contributed by atoms with Gasteiger partial charge in [0.25, 0.3) is 0 Å². The van der Waals surface area contributed by atoms with Gasteiger partial charge in [-0.15, -0.1) is 0 Å². The summed E-state index contributed by atoms with van der Waals surface area (Å²) in [7, 11) is 0. The normalized spacial score (nSPS) is 11.7. The zero-order chi connectivity index (χ0) is 16.9. The van der Waals surface area contributed by atoms with Crippen molar-refractivity contribution < 1.29 is 24.2 Å². The number of ketones is 1. The second-order valence-electron chi connectivity index (χ2n) is 5.70. The number of hydrogen-bond acceptors (Lipinski definition) is 4. The highest BCUT2D eigenvalue weighted by Crippen LogP contribution is 2.15. The van der Waals surface area contributed by atoms with E-state index in [1.807, 2.05) is 0 Å². The number of allylic oxidation sites excluding steroid dienone is 1. The Labute approximate surface area is 128 Å². The van der Waals surface area contributed by atoms with Gasteiger partial charge in [-0.2, -0.15) is 0 Å². The second-order valence-corrected chi connectivity index (χ2v) is 5.70. The summed E-state index contributed by atoms with van der Waals surface area (Å²) in [5.41, 5.74) is 0.342. The summed E-state index contributed by atoms with van der Waals surface area (Å²) < 4.78 is 5.11. The molecule has 0 saturated heterocycles. The molecule has 2 N–H and O–H groups in total. The van der Waals surface area contributed by atoms with Gasteiger partial charge in [-0.25, -0.2) is 9.59 Å². The Morgan fingerprint density at radius 2 is 1.68 bits per heavy atom. The van der Waals surface area contributed by atoms with Crippen molar-refractivity contribution in [1.29, 1.82) is 0 Å². The molecule has 1 aromatic rings. The molecule has 0 unspecified atom stereocenters. The predicted molar refractivity (Wildman–Crippen MR) is 82.0 cm³/mol. The third-order valence-electron chi connectivity index (χ3n) is 2.49. The van der Waals surface area contributed by atoms with Crippen LogP contribution in [-0.4, -0.2) is 28.6 Å². The predicted octanol–water partition coefficient (Wildman–Crippen LogP) is 3.25. The van der Waals surface area contributed by atoms with Crippen LogP contribution in [0.25, 0.3) is 0 Å². The molecule has 1 amide bonds. The maximum Gasteiger partial charge on any atom is 0.412 e. The minimum atomic E-state index is -1.17. The number of carboxylic acid groups (broad SMARTS) is 1. The SMILES string of the molecule is C/C(=C/C(=O)O)C(=O)c1ccc(NC(=O)OC(C)(C)C)cc1. The van der Waals surface area contributed by atoms with Crippen LogP contribution in [0.3, 0.4) is 0 Å². The Balaban J connectivity index is 2.77. The van der Waals surface area contributed by atoms with E-state index in [1.165, 1.54) is 19.1 Å². The molecule has 0 aliphatic carbocycles. The first-order chi connectivity index (χ1) is 10.1. The lowest BCUT2D eigenvalue weighted by atomic mass is 10.0. The fourth-order valence-electron chi connectivity index (χ4n) is 1.60. The Bertz CT molecular complexity index is 608. The molecule has 0 aliphatic heterocycles. The van der Waals surface area contributed by atoms with Crippen LogP contribution in [0.2, 0.25) is 0 Å². The topological polar surface area (TPSA) is 92.7 Å². The molecule has 22 heavy (non-hydrogen) atoms. The van der Waals surface area contributed by atoms with E-state index in [0.29, 0.717) is 11.3 Å². The summed E-state index contributed by atoms with van der Waals surface area (Å²) in [6.45, 7) is 6.70. The first-order valence-electron chi connectivity index (χ1n) is 6.64. The zero-order valence-electron chi connectivity index (χ0n) is 13.0. The van der Waals surface area contributed by atoms with Crippen LogP contribution in [-0.2, 0) is 9.53 Å². The average molecular weight is 305 g/mol. The number of amides is 1. The standard InChI is InChI=1S/C16H19NO5/c1-10(9-13(18)19)14(20)11-5-7-12(8-6-11)17-15(21)22-16(2,3)4/h5-9H,1-4H3,(H,17,21)(H,18,19)/b10-9-. The van der Waals surface area contributed by atoms with E-state index in [1.54, 1.807) is 32.9 Å². The number of benzene rings is 1. The minimum Gasteiger partial charge on any atom is -0.478 e. The number of rotatable bonds is 4. The molecule has 6 nitrogen and oxygen atoms in total. The van der Waals surface area contributed by atoms with Crippen molar-refractivity contribution in [3.05, 3.63) is 41.5 Å². The summed E-state index contributed by atoms with van der Waals surface area (Å²) >= 11 is 0. The van der Waals surface area contributed by atoms with Crippen LogP contribution >= 0.6 is 0 Å². The lowest BCUT2D eigenvalue weighted by Crippen LogP contribution is -2.27. The molecule has 0 bridgehead atoms. The number of ether oxygens (including phenoxy) is 1. The van der Waals surface area contributed by atoms with E-state index in [0.717, 1.165) is 6.08 Å². The summed E-state index contributed by atoms with van der Waals surface area (Å²) in [5.74, 6) is -1.56. The lowest BCUT2D eigenvalue weighted by molar-refractivity contribution is -0.131. The van der Waals surface area contributed by atoms with E-state index in [9.17, 15) is 14.4 Å². The van der Waals surface area contributed by atoms with Gasteiger partial charge in [0.15, 0.2) is 5.78 Å². The van der Waals surface area contributed by atoms with Crippen LogP contribution in [0, 0.1) is 0 Å². The zero-order valence-corrected chi connectivity index (χ0v) is 13.0. The molecule has 0 fully saturated rings. The van der Waals surface area contributed by atoms with E-state index in [4.69, 9.17) is 9.84 Å². The fourth-order valence-corrected chi connectivity index (χ4v) is 1.60. The molecule has 118 valence electrons. The number of nitrogens with one attached hydrogen (secondary N) is 1. The van der Waals surface area contributed by atoms with Gasteiger partial charge in [-0.05, 0) is 52.0 Å². The summed E-state index contributed by atoms with van der Waals surface area (Å²) in [6.07, 6.45) is 0.267. The molecule has 0 heterocycles. The van der Waals surface area contributed by atoms with E-state index in [-0.39, 0.29) is 11.4 Å². The first kappa shape index (κ1) is 17.4. The highest BCUT2D eigenvalue weighted by Gasteiger charge is 2.16. The number of aliphatic carboxylic acids is 1. The quantitative estimate of drug-likeness (QED) is 0.658. The van der Waals surface area contributed by atoms with Crippen LogP contribution in [0.1, 0.15) is 38.1 Å². The van der Waals surface area contributed by atoms with Gasteiger partial charge in [0, 0.05) is 22.9 Å². The van der Waals surface area contributed by atoms with E-state index < -0.39 is 17.7 Å². The average Bonchev–Trinajstić information content (AvgIpc) is 2.35. The third kappa shape index (κ3) is 5.78. The van der Waals surface area contributed by atoms with Gasteiger partial charge in [0.2, 0.25) is 0 Å². The van der Waals surface area contributed by atoms with Gasteiger partial charge in [0.05, 0.1) is 0 Å². The molecule has 1 rings (SSSR count). The van der Waals surface area contributed by atoms with Crippen LogP contribution in [0.15, 0.2) is 35.9 Å². The van der Waals surface area contributed by atoms with E-state index in [2.05, 4.69) is 5.32 Å². The van der Waals surface area contributed by atoms with Gasteiger partial charge >= 0.3 is 12.1 Å². The van der Waals surface area contributed by atoms with Crippen molar-refractivity contribution >= 4 is 23.5 Å². The number of carbonyl (C=O) groups is 3. The Kier molecular flexibility index (Phi) is 5.45. The summed E-state index contributed by atoms with van der Waals surface area (Å²) in [4.78, 5) is 34.1. The van der Waals surface area contributed by atoms with Crippen molar-refractivity contribution in [3.63, 3.8) is 0 Å². The molecular weight excluding hydrogens is 286 g/mol. The van der Waals surface area contributed by atoms with Gasteiger partial charge in [-0.1, -0.05) is 0 Å². The van der Waals surface area contributed by atoms with E-state index >= 15 is 0 Å². The summed E-state index contributed by atoms with van der Waals surface area (Å²) in [5, 5.41) is 11.2. The molecular formula is C16H19NO5. The van der Waals surface area contributed by atoms with Crippen molar-refractivity contribution in [2.45, 2.75) is 33.3 Å². The number of carboxylic acids is 1. The smallest absolute Gasteiger partial charge is 0.412 e. The van der Waals surface area contributed by atoms with Crippen molar-refractivity contribution in [2.75, 3.05) is 5.32 Å². The lowest BCUT2D eigenvalue weighted by Gasteiger charge is -2.19. The van der Waals surface area contributed by atoms with Crippen molar-refractivity contribution in [2.24, 2.45) is 0 Å². The molecule has 1 aromatic carbocycles. The number of Topliss-reactive ketones (excluding diaryl/α,β-unsaturated/α-hetero) is 1. The first-order valence-corrected chi connectivity index (χ1v) is 6.64. The highest BCUT2D eigenvalue weighted by molar-refractivity contribution is 6.10. The maximum atomic E-state index is 12.0. The number of carbonyl (C=O) groups excluding carboxylic acids is 2. The molecule has 0 radical (unpaired) electrons. The molecule has 0 saturated carbocycles. The number of anilines is 1. The summed E-state index contributed by atoms with van der Waals surface area (Å²) in [6, 6.07) is 6.11. The molecule has 0 atom stereocenters. The van der Waals surface area contributed by atoms with Gasteiger partial charge in [0.1, 0.15) is 5.60 Å². The molecule has 0 spiro atoms. The van der Waals surface area contributed by atoms with Crippen molar-refractivity contribution in [1.82, 2.24) is 0 Å². The fraction of sp³-hybridized carbons (Fsp3) is 0.312. The maximum absolute atomic E-state index is 12.0. The molecule has 0 aromatic heterocycles. The van der Waals surface area contributed by atoms with Crippen LogP contribution < -0.4 is 5.32 Å². The largest absolute Gasteiger partial charge is 0.478 e. The Morgan fingerprint density at radius 1 is 1.14 bits per heavy atom. The number of hydrogen-bond donors (Lipinski definition) is 2. The monoisotopic (exact) mass is 305 g/mol. The van der Waals surface area contributed by atoms with Gasteiger partial charge in [-0.3, -0.25) is 10.1 Å². The third-order valence-corrected chi connectivity index (χ3v) is 2.49. The van der Waals surface area contributed by atoms with Crippen LogP contribution in [0.5, 0.6) is 0 Å². The molecule has 0 aliphatic rings. The van der Waals surface area contributed by atoms with Crippen molar-refractivity contribution in [3.8, 4) is 0 Å². The minimum absolute atomic E-state index is 0.125. The van der Waals surface area contributed by atoms with Gasteiger partial charge < -0.3 is 9.84 Å². The highest BCUT2D eigenvalue weighted by atomic mass is 16.6. The van der Waals surface area contributed by atoms with Crippen LogP contribution in [0.4, 0.5) is 10.5 Å². The Morgan fingerprint density at radius 3 is 2.14 bits per heavy atom. The second kappa shape index (κ2) is 6.89. The molecule has 6 heteroatoms. The Hall–Kier alpha value is -2.63.